The summed E-state index contributed by atoms with van der Waals surface area (Å²) in [6, 6.07) is 9.50. The van der Waals surface area contributed by atoms with Gasteiger partial charge in [0.15, 0.2) is 0 Å². The first-order valence-corrected chi connectivity index (χ1v) is 12.4. The third kappa shape index (κ3) is 6.03. The van der Waals surface area contributed by atoms with Crippen LogP contribution in [0, 0.1) is 10.1 Å². The standard InChI is InChI=1S/C25H29ClN2O4S/c1-4-5-6-7-12-32-25(29)21-16(2)27-17(3)23(28(30)31)22(21)24-19(11-13-33-24)14-18-9-8-10-20(26)15-18/h8-11,13,15,22,27H,4-7,12,14H2,1-3H3. The van der Waals surface area contributed by atoms with E-state index in [4.69, 9.17) is 16.3 Å². The number of carbonyl (C=O) groups excluding carboxylic acids is 1. The highest BCUT2D eigenvalue weighted by Crippen LogP contribution is 2.43. The lowest BCUT2D eigenvalue weighted by atomic mass is 9.86. The zero-order chi connectivity index (χ0) is 24.0. The van der Waals surface area contributed by atoms with Crippen molar-refractivity contribution in [3.63, 3.8) is 0 Å². The Morgan fingerprint density at radius 2 is 2.00 bits per heavy atom. The van der Waals surface area contributed by atoms with Gasteiger partial charge >= 0.3 is 5.97 Å². The van der Waals surface area contributed by atoms with E-state index in [0.29, 0.717) is 35.0 Å². The van der Waals surface area contributed by atoms with Gasteiger partial charge in [-0.1, -0.05) is 49.9 Å². The highest BCUT2D eigenvalue weighted by Gasteiger charge is 2.42. The van der Waals surface area contributed by atoms with Crippen LogP contribution in [0.15, 0.2) is 58.4 Å². The molecule has 1 atom stereocenters. The van der Waals surface area contributed by atoms with Gasteiger partial charge in [0.2, 0.25) is 0 Å². The fraction of sp³-hybridized carbons (Fsp3) is 0.400. The fourth-order valence-electron chi connectivity index (χ4n) is 4.14. The normalized spacial score (nSPS) is 16.1. The van der Waals surface area contributed by atoms with Gasteiger partial charge in [-0.3, -0.25) is 10.1 Å². The predicted molar refractivity (Wildman–Crippen MR) is 132 cm³/mol. The molecule has 2 aromatic rings. The molecule has 0 aliphatic carbocycles. The molecular weight excluding hydrogens is 460 g/mol. The molecular formula is C25H29ClN2O4S. The molecule has 3 rings (SSSR count). The minimum Gasteiger partial charge on any atom is -0.462 e. The molecule has 0 bridgehead atoms. The van der Waals surface area contributed by atoms with Crippen LogP contribution in [0.5, 0.6) is 0 Å². The molecule has 0 fully saturated rings. The summed E-state index contributed by atoms with van der Waals surface area (Å²) in [7, 11) is 0. The second-order valence-corrected chi connectivity index (χ2v) is 9.56. The first kappa shape index (κ1) is 25.0. The Kier molecular flexibility index (Phi) is 8.69. The van der Waals surface area contributed by atoms with Crippen molar-refractivity contribution in [3.8, 4) is 0 Å². The van der Waals surface area contributed by atoms with E-state index in [1.807, 2.05) is 35.7 Å². The Labute approximate surface area is 203 Å². The molecule has 0 saturated heterocycles. The Hall–Kier alpha value is -2.64. The number of carbonyl (C=O) groups is 1. The smallest absolute Gasteiger partial charge is 0.337 e. The van der Waals surface area contributed by atoms with Gasteiger partial charge in [-0.2, -0.15) is 0 Å². The van der Waals surface area contributed by atoms with Crippen molar-refractivity contribution in [1.82, 2.24) is 5.32 Å². The molecule has 0 saturated carbocycles. The number of allylic oxidation sites excluding steroid dienone is 3. The van der Waals surface area contributed by atoms with Gasteiger partial charge in [-0.05, 0) is 61.4 Å². The third-order valence-corrected chi connectivity index (χ3v) is 6.96. The number of thiophene rings is 1. The number of unbranched alkanes of at least 4 members (excludes halogenated alkanes) is 3. The highest BCUT2D eigenvalue weighted by atomic mass is 35.5. The molecule has 1 unspecified atom stereocenters. The molecule has 1 N–H and O–H groups in total. The number of nitro groups is 1. The quantitative estimate of drug-likeness (QED) is 0.177. The van der Waals surface area contributed by atoms with Crippen LogP contribution in [-0.2, 0) is 16.0 Å². The average Bonchev–Trinajstić information content (AvgIpc) is 3.20. The Bertz CT molecular complexity index is 1090. The van der Waals surface area contributed by atoms with Gasteiger partial charge in [0, 0.05) is 15.6 Å². The van der Waals surface area contributed by atoms with Gasteiger partial charge in [0.25, 0.3) is 5.70 Å². The molecule has 0 radical (unpaired) electrons. The Balaban J connectivity index is 1.96. The van der Waals surface area contributed by atoms with E-state index >= 15 is 0 Å². The maximum absolute atomic E-state index is 13.2. The van der Waals surface area contributed by atoms with E-state index in [0.717, 1.165) is 41.7 Å². The van der Waals surface area contributed by atoms with Crippen molar-refractivity contribution in [2.75, 3.05) is 6.61 Å². The number of dihydropyridines is 1. The summed E-state index contributed by atoms with van der Waals surface area (Å²) in [5.41, 5.74) is 3.24. The van der Waals surface area contributed by atoms with Gasteiger partial charge in [-0.15, -0.1) is 11.3 Å². The van der Waals surface area contributed by atoms with Crippen LogP contribution in [0.25, 0.3) is 0 Å². The number of nitrogens with zero attached hydrogens (tertiary/aromatic N) is 1. The fourth-order valence-corrected chi connectivity index (χ4v) is 5.38. The minimum atomic E-state index is -0.793. The van der Waals surface area contributed by atoms with Crippen molar-refractivity contribution in [2.24, 2.45) is 0 Å². The number of esters is 1. The van der Waals surface area contributed by atoms with Crippen LogP contribution in [0.4, 0.5) is 0 Å². The van der Waals surface area contributed by atoms with E-state index in [9.17, 15) is 14.9 Å². The second kappa shape index (κ2) is 11.5. The summed E-state index contributed by atoms with van der Waals surface area (Å²) in [6.45, 7) is 5.86. The second-order valence-electron chi connectivity index (χ2n) is 8.18. The third-order valence-electron chi connectivity index (χ3n) is 5.70. The average molecular weight is 489 g/mol. The lowest BCUT2D eigenvalue weighted by molar-refractivity contribution is -0.430. The molecule has 176 valence electrons. The summed E-state index contributed by atoms with van der Waals surface area (Å²) in [5, 5.41) is 17.7. The topological polar surface area (TPSA) is 81.5 Å². The maximum Gasteiger partial charge on any atom is 0.337 e. The van der Waals surface area contributed by atoms with E-state index < -0.39 is 16.8 Å². The molecule has 1 aromatic carbocycles. The van der Waals surface area contributed by atoms with Crippen LogP contribution in [-0.4, -0.2) is 17.5 Å². The molecule has 8 heteroatoms. The van der Waals surface area contributed by atoms with E-state index in [1.165, 1.54) is 11.3 Å². The van der Waals surface area contributed by atoms with Gasteiger partial charge < -0.3 is 10.1 Å². The van der Waals surface area contributed by atoms with E-state index in [-0.39, 0.29) is 5.70 Å². The number of hydrogen-bond donors (Lipinski definition) is 1. The van der Waals surface area contributed by atoms with Crippen LogP contribution in [0.1, 0.15) is 68.4 Å². The van der Waals surface area contributed by atoms with Crippen LogP contribution < -0.4 is 5.32 Å². The summed E-state index contributed by atoms with van der Waals surface area (Å²) in [4.78, 5) is 25.7. The van der Waals surface area contributed by atoms with Gasteiger partial charge in [0.05, 0.1) is 22.8 Å². The summed E-state index contributed by atoms with van der Waals surface area (Å²) >= 11 is 7.57. The minimum absolute atomic E-state index is 0.0201. The molecule has 1 aliphatic heterocycles. The SMILES string of the molecule is CCCCCCOC(=O)C1=C(C)NC(C)=C([N+](=O)[O-])C1c1sccc1Cc1cccc(Cl)c1. The summed E-state index contributed by atoms with van der Waals surface area (Å²) in [6.07, 6.45) is 4.50. The van der Waals surface area contributed by atoms with Gasteiger partial charge in [-0.25, -0.2) is 4.79 Å². The van der Waals surface area contributed by atoms with E-state index in [1.54, 1.807) is 13.8 Å². The predicted octanol–water partition coefficient (Wildman–Crippen LogP) is 6.58. The number of ether oxygens (including phenoxy) is 1. The molecule has 1 aliphatic rings. The summed E-state index contributed by atoms with van der Waals surface area (Å²) in [5.74, 6) is -1.30. The van der Waals surface area contributed by atoms with Crippen LogP contribution in [0.2, 0.25) is 5.02 Å². The van der Waals surface area contributed by atoms with Crippen molar-refractivity contribution >= 4 is 28.9 Å². The molecule has 0 spiro atoms. The lowest BCUT2D eigenvalue weighted by Crippen LogP contribution is -2.31. The number of halogens is 1. The zero-order valence-corrected chi connectivity index (χ0v) is 20.7. The molecule has 0 amide bonds. The van der Waals surface area contributed by atoms with Gasteiger partial charge in [0.1, 0.15) is 5.92 Å². The first-order valence-electron chi connectivity index (χ1n) is 11.1. The molecule has 1 aromatic heterocycles. The monoisotopic (exact) mass is 488 g/mol. The Morgan fingerprint density at radius 3 is 2.70 bits per heavy atom. The Morgan fingerprint density at radius 1 is 1.21 bits per heavy atom. The molecule has 2 heterocycles. The van der Waals surface area contributed by atoms with E-state index in [2.05, 4.69) is 12.2 Å². The van der Waals surface area contributed by atoms with Crippen LogP contribution in [0.3, 0.4) is 0 Å². The van der Waals surface area contributed by atoms with Crippen molar-refractivity contribution in [2.45, 2.75) is 58.8 Å². The van der Waals surface area contributed by atoms with Crippen molar-refractivity contribution in [1.29, 1.82) is 0 Å². The maximum atomic E-state index is 13.2. The zero-order valence-electron chi connectivity index (χ0n) is 19.2. The first-order chi connectivity index (χ1) is 15.8. The largest absolute Gasteiger partial charge is 0.462 e. The molecule has 33 heavy (non-hydrogen) atoms. The van der Waals surface area contributed by atoms with Crippen LogP contribution >= 0.6 is 22.9 Å². The number of nitrogens with one attached hydrogen (secondary N) is 1. The number of hydrogen-bond acceptors (Lipinski definition) is 6. The van der Waals surface area contributed by atoms with Crippen molar-refractivity contribution in [3.05, 3.63) is 89.5 Å². The molecule has 6 nitrogen and oxygen atoms in total. The number of rotatable bonds is 10. The lowest BCUT2D eigenvalue weighted by Gasteiger charge is -2.26. The highest BCUT2D eigenvalue weighted by molar-refractivity contribution is 7.10. The van der Waals surface area contributed by atoms with Crippen molar-refractivity contribution < 1.29 is 14.5 Å². The summed E-state index contributed by atoms with van der Waals surface area (Å²) < 4.78 is 5.57. The number of benzene rings is 1.